The molecule has 1 fully saturated rings. The summed E-state index contributed by atoms with van der Waals surface area (Å²) < 4.78 is 22.7. The monoisotopic (exact) mass is 381 g/mol. The minimum atomic E-state index is -1.26. The second-order valence-electron chi connectivity index (χ2n) is 5.74. The topological polar surface area (TPSA) is 124 Å². The molecule has 27 heavy (non-hydrogen) atoms. The summed E-state index contributed by atoms with van der Waals surface area (Å²) in [4.78, 5) is 19.1. The Balaban J connectivity index is 0.000000279. The van der Waals surface area contributed by atoms with E-state index in [9.17, 15) is 9.59 Å². The predicted molar refractivity (Wildman–Crippen MR) is 94.2 cm³/mol. The highest BCUT2D eigenvalue weighted by molar-refractivity contribution is 5.89. The molecular weight excluding hydrogens is 358 g/mol. The maximum absolute atomic E-state index is 9.55. The van der Waals surface area contributed by atoms with Gasteiger partial charge in [-0.25, -0.2) is 9.59 Å². The number of ether oxygens (including phenoxy) is 4. The number of nitrogens with one attached hydrogen (secondary N) is 1. The molecule has 2 unspecified atom stereocenters. The Bertz CT molecular complexity index is 626. The molecule has 0 bridgehead atoms. The van der Waals surface area contributed by atoms with Crippen LogP contribution in [0.1, 0.15) is 0 Å². The van der Waals surface area contributed by atoms with Crippen molar-refractivity contribution in [3.8, 4) is 11.5 Å². The summed E-state index contributed by atoms with van der Waals surface area (Å²) in [5.74, 6) is -0.920. The summed E-state index contributed by atoms with van der Waals surface area (Å²) in [6, 6.07) is 7.70. The number of hydrogen-bond donors (Lipinski definition) is 3. The van der Waals surface area contributed by atoms with Crippen molar-refractivity contribution in [1.82, 2.24) is 5.32 Å². The van der Waals surface area contributed by atoms with E-state index in [1.54, 1.807) is 0 Å². The van der Waals surface area contributed by atoms with Crippen LogP contribution < -0.4 is 14.8 Å². The smallest absolute Gasteiger partial charge is 0.328 e. The number of benzene rings is 1. The zero-order chi connectivity index (χ0) is 19.5. The van der Waals surface area contributed by atoms with E-state index in [0.717, 1.165) is 31.2 Å². The van der Waals surface area contributed by atoms with Crippen molar-refractivity contribution in [2.75, 3.05) is 39.5 Å². The zero-order valence-electron chi connectivity index (χ0n) is 14.7. The van der Waals surface area contributed by atoms with Gasteiger partial charge in [0.25, 0.3) is 0 Å². The van der Waals surface area contributed by atoms with Crippen LogP contribution in [0.4, 0.5) is 0 Å². The van der Waals surface area contributed by atoms with E-state index in [1.165, 1.54) is 0 Å². The van der Waals surface area contributed by atoms with Gasteiger partial charge in [0, 0.05) is 25.2 Å². The number of carboxylic acid groups (broad SMARTS) is 2. The lowest BCUT2D eigenvalue weighted by atomic mass is 10.2. The van der Waals surface area contributed by atoms with Crippen molar-refractivity contribution in [3.63, 3.8) is 0 Å². The van der Waals surface area contributed by atoms with E-state index >= 15 is 0 Å². The minimum Gasteiger partial charge on any atom is -0.486 e. The first-order chi connectivity index (χ1) is 13.0. The summed E-state index contributed by atoms with van der Waals surface area (Å²) in [7, 11) is 0. The van der Waals surface area contributed by atoms with E-state index in [1.807, 2.05) is 24.3 Å². The van der Waals surface area contributed by atoms with Crippen LogP contribution in [0.5, 0.6) is 11.5 Å². The van der Waals surface area contributed by atoms with Gasteiger partial charge in [-0.3, -0.25) is 0 Å². The number of carbonyl (C=O) groups is 2. The molecule has 3 N–H and O–H groups in total. The number of carboxylic acids is 2. The van der Waals surface area contributed by atoms with Gasteiger partial charge in [0.15, 0.2) is 17.6 Å². The van der Waals surface area contributed by atoms with Crippen LogP contribution in [-0.4, -0.2) is 73.9 Å². The fraction of sp³-hybridized carbons (Fsp3) is 0.444. The molecule has 2 aliphatic heterocycles. The average Bonchev–Trinajstić information content (AvgIpc) is 2.68. The molecule has 2 atom stereocenters. The van der Waals surface area contributed by atoms with Crippen LogP contribution in [0.15, 0.2) is 36.4 Å². The van der Waals surface area contributed by atoms with Crippen molar-refractivity contribution in [2.45, 2.75) is 12.2 Å². The lowest BCUT2D eigenvalue weighted by Crippen LogP contribution is -2.42. The Morgan fingerprint density at radius 2 is 1.78 bits per heavy atom. The molecule has 1 aromatic rings. The summed E-state index contributed by atoms with van der Waals surface area (Å²) in [6.45, 7) is 4.17. The lowest BCUT2D eigenvalue weighted by molar-refractivity contribution is -0.134. The molecule has 0 radical (unpaired) electrons. The van der Waals surface area contributed by atoms with E-state index in [0.29, 0.717) is 32.0 Å². The van der Waals surface area contributed by atoms with Gasteiger partial charge in [0.2, 0.25) is 0 Å². The number of morpholine rings is 1. The summed E-state index contributed by atoms with van der Waals surface area (Å²) in [5, 5.41) is 18.9. The van der Waals surface area contributed by atoms with E-state index in [2.05, 4.69) is 5.32 Å². The highest BCUT2D eigenvalue weighted by atomic mass is 16.6. The van der Waals surface area contributed by atoms with E-state index < -0.39 is 11.9 Å². The standard InChI is InChI=1S/C14H19NO4.C4H4O4/c1-2-4-14-13(3-1)18-10-12(19-14)9-16-8-11-7-15-5-6-17-11;5-3(6)1-2-4(7)8/h1-4,11-12,15H,5-10H2;1-2H,(H,5,6)(H,7,8). The van der Waals surface area contributed by atoms with Crippen molar-refractivity contribution in [1.29, 1.82) is 0 Å². The normalized spacial score (nSPS) is 21.2. The molecule has 2 heterocycles. The molecule has 9 heteroatoms. The summed E-state index contributed by atoms with van der Waals surface area (Å²) in [6.07, 6.45) is 1.21. The molecule has 148 valence electrons. The van der Waals surface area contributed by atoms with Crippen LogP contribution in [0, 0.1) is 0 Å². The first-order valence-electron chi connectivity index (χ1n) is 8.47. The number of hydrogen-bond acceptors (Lipinski definition) is 7. The third kappa shape index (κ3) is 8.07. The van der Waals surface area contributed by atoms with Gasteiger partial charge in [-0.15, -0.1) is 0 Å². The average molecular weight is 381 g/mol. The Labute approximate surface area is 156 Å². The van der Waals surface area contributed by atoms with Gasteiger partial charge in [0.1, 0.15) is 6.61 Å². The van der Waals surface area contributed by atoms with Crippen LogP contribution in [0.2, 0.25) is 0 Å². The summed E-state index contributed by atoms with van der Waals surface area (Å²) in [5.41, 5.74) is 0. The minimum absolute atomic E-state index is 0.0496. The maximum Gasteiger partial charge on any atom is 0.328 e. The van der Waals surface area contributed by atoms with Crippen LogP contribution >= 0.6 is 0 Å². The van der Waals surface area contributed by atoms with Gasteiger partial charge in [0.05, 0.1) is 25.9 Å². The first-order valence-corrected chi connectivity index (χ1v) is 8.47. The second-order valence-corrected chi connectivity index (χ2v) is 5.74. The Morgan fingerprint density at radius 3 is 2.41 bits per heavy atom. The molecule has 3 rings (SSSR count). The number of para-hydroxylation sites is 2. The highest BCUT2D eigenvalue weighted by Gasteiger charge is 2.21. The van der Waals surface area contributed by atoms with Crippen molar-refractivity contribution < 1.29 is 38.7 Å². The lowest BCUT2D eigenvalue weighted by Gasteiger charge is -2.27. The van der Waals surface area contributed by atoms with Crippen LogP contribution in [-0.2, 0) is 19.1 Å². The molecule has 1 saturated heterocycles. The SMILES string of the molecule is O=C(O)C=CC(=O)O.c1ccc2c(c1)OCC(COCC1CNCCO1)O2. The van der Waals surface area contributed by atoms with Gasteiger partial charge < -0.3 is 34.5 Å². The second kappa shape index (κ2) is 11.2. The zero-order valence-corrected chi connectivity index (χ0v) is 14.7. The Kier molecular flexibility index (Phi) is 8.56. The molecule has 0 aliphatic carbocycles. The highest BCUT2D eigenvalue weighted by Crippen LogP contribution is 2.30. The van der Waals surface area contributed by atoms with Gasteiger partial charge in [-0.1, -0.05) is 12.1 Å². The van der Waals surface area contributed by atoms with Crippen LogP contribution in [0.3, 0.4) is 0 Å². The number of rotatable bonds is 6. The van der Waals surface area contributed by atoms with Crippen LogP contribution in [0.25, 0.3) is 0 Å². The molecule has 0 amide bonds. The summed E-state index contributed by atoms with van der Waals surface area (Å²) >= 11 is 0. The van der Waals surface area contributed by atoms with E-state index in [4.69, 9.17) is 29.2 Å². The third-order valence-corrected chi connectivity index (χ3v) is 3.55. The number of aliphatic carboxylic acids is 2. The first kappa shape index (κ1) is 20.7. The molecular formula is C18H23NO8. The predicted octanol–water partition coefficient (Wildman–Crippen LogP) is 0.543. The van der Waals surface area contributed by atoms with Gasteiger partial charge in [-0.2, -0.15) is 0 Å². The van der Waals surface area contributed by atoms with E-state index in [-0.39, 0.29) is 12.2 Å². The largest absolute Gasteiger partial charge is 0.486 e. The van der Waals surface area contributed by atoms with Gasteiger partial charge in [-0.05, 0) is 12.1 Å². The number of fused-ring (bicyclic) bond motifs is 1. The fourth-order valence-corrected chi connectivity index (χ4v) is 2.35. The van der Waals surface area contributed by atoms with Crippen molar-refractivity contribution >= 4 is 11.9 Å². The maximum atomic E-state index is 9.55. The fourth-order valence-electron chi connectivity index (χ4n) is 2.35. The molecule has 2 aliphatic rings. The molecule has 0 spiro atoms. The third-order valence-electron chi connectivity index (χ3n) is 3.55. The van der Waals surface area contributed by atoms with Gasteiger partial charge >= 0.3 is 11.9 Å². The molecule has 0 aromatic heterocycles. The Hall–Kier alpha value is -2.62. The molecule has 9 nitrogen and oxygen atoms in total. The van der Waals surface area contributed by atoms with Crippen molar-refractivity contribution in [3.05, 3.63) is 36.4 Å². The van der Waals surface area contributed by atoms with Crippen molar-refractivity contribution in [2.24, 2.45) is 0 Å². The molecule has 0 saturated carbocycles. The quantitative estimate of drug-likeness (QED) is 0.606. The Morgan fingerprint density at radius 1 is 1.11 bits per heavy atom. The molecule has 1 aromatic carbocycles.